The molecular weight excluding hydrogens is 1040 g/mol. The average molecular weight is 1110 g/mol. The lowest BCUT2D eigenvalue weighted by molar-refractivity contribution is -0.160. The van der Waals surface area contributed by atoms with E-state index in [1.807, 2.05) is 6.92 Å². The Hall–Kier alpha value is -7.49. The number of nitrogens with one attached hydrogen (secondary N) is 2. The predicted octanol–water partition coefficient (Wildman–Crippen LogP) is 7.29. The number of amides is 1. The Morgan fingerprint density at radius 3 is 2.31 bits per heavy atom. The van der Waals surface area contributed by atoms with Gasteiger partial charge in [0.2, 0.25) is 11.2 Å². The Bertz CT molecular complexity index is 3350. The number of carbonyl (C=O) groups is 4. The van der Waals surface area contributed by atoms with Crippen molar-refractivity contribution in [2.75, 3.05) is 37.5 Å². The average Bonchev–Trinajstić information content (AvgIpc) is 3.96. The van der Waals surface area contributed by atoms with Crippen LogP contribution in [0, 0.1) is 42.3 Å². The van der Waals surface area contributed by atoms with E-state index >= 15 is 4.39 Å². The number of anilines is 2. The molecule has 1 amide bonds. The lowest BCUT2D eigenvalue weighted by Crippen LogP contribution is -2.46. The van der Waals surface area contributed by atoms with Gasteiger partial charge in [-0.1, -0.05) is 45.9 Å². The van der Waals surface area contributed by atoms with Gasteiger partial charge in [-0.25, -0.2) is 9.18 Å². The minimum Gasteiger partial charge on any atom is -0.507 e. The summed E-state index contributed by atoms with van der Waals surface area (Å²) in [7, 11) is 2.81. The first-order chi connectivity index (χ1) is 37.8. The largest absolute Gasteiger partial charge is 0.507 e. The van der Waals surface area contributed by atoms with Crippen LogP contribution in [0.1, 0.15) is 118 Å². The number of allylic oxidation sites excluding steroid dienone is 2. The molecule has 2 fully saturated rings. The molecule has 8 N–H and O–H groups in total. The van der Waals surface area contributed by atoms with E-state index in [1.165, 1.54) is 59.7 Å². The van der Waals surface area contributed by atoms with Crippen LogP contribution in [0.15, 0.2) is 58.3 Å². The number of phenolic OH excluding ortho intramolecular Hbond substituents is 3. The number of aromatic carboxylic acids is 1. The maximum atomic E-state index is 16.3. The number of benzene rings is 3. The number of rotatable bonds is 10. The number of carboxylic acid groups (broad SMARTS) is 1. The summed E-state index contributed by atoms with van der Waals surface area (Å²) >= 11 is 0. The first-order valence-electron chi connectivity index (χ1n) is 26.9. The van der Waals surface area contributed by atoms with Crippen LogP contribution in [0.4, 0.5) is 15.8 Å². The van der Waals surface area contributed by atoms with E-state index in [9.17, 15) is 54.6 Å². The van der Waals surface area contributed by atoms with Crippen LogP contribution in [-0.4, -0.2) is 128 Å². The van der Waals surface area contributed by atoms with E-state index in [0.29, 0.717) is 24.0 Å². The fraction of sp³-hybridized carbons (Fsp3) is 0.492. The quantitative estimate of drug-likeness (QED) is 0.0254. The zero-order chi connectivity index (χ0) is 58.6. The highest BCUT2D eigenvalue weighted by atomic mass is 19.1. The first kappa shape index (κ1) is 58.7. The number of ether oxygens (including phenoxy) is 4. The van der Waals surface area contributed by atoms with Crippen molar-refractivity contribution in [2.45, 2.75) is 130 Å². The van der Waals surface area contributed by atoms with Crippen LogP contribution >= 0.6 is 0 Å². The molecule has 20 nitrogen and oxygen atoms in total. The summed E-state index contributed by atoms with van der Waals surface area (Å²) in [6.07, 6.45) is 7.87. The van der Waals surface area contributed by atoms with Gasteiger partial charge in [0, 0.05) is 92.0 Å². The van der Waals surface area contributed by atoms with Gasteiger partial charge in [-0.15, -0.1) is 0 Å². The maximum Gasteiger partial charge on any atom is 0.341 e. The number of hydrazone groups is 1. The van der Waals surface area contributed by atoms with Crippen molar-refractivity contribution in [2.24, 2.45) is 34.7 Å². The van der Waals surface area contributed by atoms with E-state index in [2.05, 4.69) is 15.8 Å². The van der Waals surface area contributed by atoms with Gasteiger partial charge >= 0.3 is 11.9 Å². The molecule has 1 saturated heterocycles. The molecule has 9 rings (SSSR count). The number of nitrogens with zero attached hydrogens (tertiary/aromatic N) is 3. The number of carboxylic acids is 1. The van der Waals surface area contributed by atoms with Gasteiger partial charge in [0.05, 0.1) is 65.4 Å². The van der Waals surface area contributed by atoms with Crippen LogP contribution in [0.5, 0.6) is 23.0 Å². The van der Waals surface area contributed by atoms with Gasteiger partial charge in [-0.3, -0.25) is 19.2 Å². The second-order valence-electron chi connectivity index (χ2n) is 22.2. The van der Waals surface area contributed by atoms with Gasteiger partial charge in [0.15, 0.2) is 22.9 Å². The SMILES string of the molecule is COc1c(N2CCC(C(C)N/N=C/c3c4c(O)c5c(O)c(C)c6c(c5c3O)C(=O)[C@](C)(C6)O/C=C/[C@H](OC)[C@@H](C)[C@@H](OC(C)=O)[C@H](C)[C@H](O)[C@H](C)[C@@H](O)[C@@H](C)/C=C/C=C(/C)C(=O)N4)C2)c(F)cc2c(=O)c(C(=O)O)cn(C3CC3)c12. The Labute approximate surface area is 462 Å². The second kappa shape index (κ2) is 22.9. The fourth-order valence-electron chi connectivity index (χ4n) is 11.8. The summed E-state index contributed by atoms with van der Waals surface area (Å²) in [6, 6.07) is 0.532. The van der Waals surface area contributed by atoms with E-state index in [-0.39, 0.29) is 80.5 Å². The number of halogens is 1. The minimum absolute atomic E-state index is 0.0535. The molecule has 21 heteroatoms. The molecule has 1 saturated carbocycles. The number of Topliss-reactive ketones (excluding diaryl/α,β-unsaturated/α-hetero) is 1. The van der Waals surface area contributed by atoms with E-state index < -0.39 is 117 Å². The molecule has 80 heavy (non-hydrogen) atoms. The molecule has 3 aromatic carbocycles. The summed E-state index contributed by atoms with van der Waals surface area (Å²) < 4.78 is 41.7. The van der Waals surface area contributed by atoms with Gasteiger partial charge in [0.25, 0.3) is 5.91 Å². The van der Waals surface area contributed by atoms with Gasteiger partial charge < -0.3 is 69.8 Å². The van der Waals surface area contributed by atoms with Crippen LogP contribution < -0.4 is 25.8 Å². The number of aromatic hydroxyl groups is 3. The van der Waals surface area contributed by atoms with Gasteiger partial charge in [0.1, 0.15) is 28.9 Å². The first-order valence-corrected chi connectivity index (χ1v) is 26.9. The van der Waals surface area contributed by atoms with Crippen molar-refractivity contribution in [1.82, 2.24) is 9.99 Å². The molecule has 5 aliphatic rings. The topological polar surface area (TPSA) is 288 Å². The molecule has 3 aliphatic heterocycles. The highest BCUT2D eigenvalue weighted by Gasteiger charge is 2.48. The number of hydrogen-bond acceptors (Lipinski definition) is 17. The third kappa shape index (κ3) is 10.7. The van der Waals surface area contributed by atoms with Crippen LogP contribution in [0.2, 0.25) is 0 Å². The lowest BCUT2D eigenvalue weighted by Gasteiger charge is -2.38. The number of carbonyl (C=O) groups excluding carboxylic acids is 3. The molecule has 1 aromatic heterocycles. The smallest absolute Gasteiger partial charge is 0.341 e. The number of hydrogen-bond donors (Lipinski definition) is 8. The van der Waals surface area contributed by atoms with Crippen LogP contribution in [-0.2, 0) is 30.2 Å². The number of esters is 1. The second-order valence-corrected chi connectivity index (χ2v) is 22.2. The lowest BCUT2D eigenvalue weighted by atomic mass is 9.78. The Kier molecular flexibility index (Phi) is 16.8. The Morgan fingerprint density at radius 2 is 1.68 bits per heavy atom. The van der Waals surface area contributed by atoms with Crippen LogP contribution in [0.3, 0.4) is 0 Å². The van der Waals surface area contributed by atoms with Crippen molar-refractivity contribution < 1.29 is 73.2 Å². The molecule has 4 heterocycles. The predicted molar refractivity (Wildman–Crippen MR) is 297 cm³/mol. The minimum atomic E-state index is -1.65. The molecule has 11 atom stereocenters. The number of aliphatic hydroxyl groups is 2. The summed E-state index contributed by atoms with van der Waals surface area (Å²) in [5.41, 5.74) is 0.532. The summed E-state index contributed by atoms with van der Waals surface area (Å²) in [4.78, 5) is 68.6. The molecule has 2 aliphatic carbocycles. The number of pyridine rings is 1. The normalized spacial score (nSPS) is 28.6. The molecular formula is C59H72FN5O15. The van der Waals surface area contributed by atoms with Crippen molar-refractivity contribution in [1.29, 1.82) is 0 Å². The third-order valence-corrected chi connectivity index (χ3v) is 16.8. The summed E-state index contributed by atoms with van der Waals surface area (Å²) in [6.45, 7) is 15.2. The van der Waals surface area contributed by atoms with Gasteiger partial charge in [-0.05, 0) is 76.1 Å². The maximum absolute atomic E-state index is 16.3. The Balaban J connectivity index is 1.17. The monoisotopic (exact) mass is 1110 g/mol. The van der Waals surface area contributed by atoms with Gasteiger partial charge in [-0.2, -0.15) is 5.10 Å². The Morgan fingerprint density at radius 1 is 0.975 bits per heavy atom. The number of fused-ring (bicyclic) bond motifs is 15. The summed E-state index contributed by atoms with van der Waals surface area (Å²) in [5, 5.41) is 76.0. The van der Waals surface area contributed by atoms with E-state index in [0.717, 1.165) is 18.9 Å². The highest BCUT2D eigenvalue weighted by molar-refractivity contribution is 6.23. The molecule has 5 bridgehead atoms. The van der Waals surface area contributed by atoms with Crippen molar-refractivity contribution in [3.8, 4) is 23.0 Å². The fourth-order valence-corrected chi connectivity index (χ4v) is 11.8. The standard InChI is InChI=1S/C59H72FN5O15/c1-26-13-12-14-27(2)57(74)62-45-38(23-61-63-32(7)34-17-19-64(24-34)47-40(60)21-36-46(55(47)78-11)65(35-15-16-35)25-39(51(36)70)58(75)76)52(71)43-42-37(28(3)50(69)44(43)53(45)72)22-59(9,56(42)73)79-20-18-41(77-10)29(4)54(80-33(8)66)31(6)49(68)30(5)48(26)67/h12-14,18,20-21,23,25-26,29-32,34-35,41,48-49,54,63,67-69,71-72H,15-17,19,22,24H2,1-11H3,(H,62,74)(H,75,76)/b13-12+,20-18+,27-14-,61-23+/t26-,29+,30+,31+,32?,34?,41-,48-,49+,54+,59-/m0/s1. The number of aliphatic hydroxyl groups excluding tert-OH is 2. The zero-order valence-electron chi connectivity index (χ0n) is 46.8. The number of ketones is 1. The molecule has 430 valence electrons. The number of methoxy groups -OCH3 is 2. The van der Waals surface area contributed by atoms with Crippen LogP contribution in [0.25, 0.3) is 21.7 Å². The number of aromatic nitrogens is 1. The molecule has 4 aromatic rings. The highest BCUT2D eigenvalue weighted by Crippen LogP contribution is 2.53. The van der Waals surface area contributed by atoms with Crippen molar-refractivity contribution in [3.05, 3.63) is 92.3 Å². The molecule has 2 unspecified atom stereocenters. The third-order valence-electron chi connectivity index (χ3n) is 16.8. The van der Waals surface area contributed by atoms with E-state index in [4.69, 9.17) is 18.9 Å². The zero-order valence-corrected chi connectivity index (χ0v) is 46.8. The summed E-state index contributed by atoms with van der Waals surface area (Å²) in [5.74, 6) is -8.64. The molecule has 0 radical (unpaired) electrons. The van der Waals surface area contributed by atoms with Crippen molar-refractivity contribution in [3.63, 3.8) is 0 Å². The van der Waals surface area contributed by atoms with E-state index in [1.54, 1.807) is 62.3 Å². The number of phenols is 3. The molecule has 0 spiro atoms. The van der Waals surface area contributed by atoms with Crippen molar-refractivity contribution >= 4 is 62.9 Å².